The van der Waals surface area contributed by atoms with Crippen molar-refractivity contribution in [2.75, 3.05) is 0 Å². The van der Waals surface area contributed by atoms with Crippen LogP contribution in [0.25, 0.3) is 0 Å². The van der Waals surface area contributed by atoms with Crippen molar-refractivity contribution in [3.63, 3.8) is 0 Å². The molecule has 19 heavy (non-hydrogen) atoms. The molecule has 0 radical (unpaired) electrons. The van der Waals surface area contributed by atoms with Gasteiger partial charge in [0.15, 0.2) is 0 Å². The molecule has 0 N–H and O–H groups in total. The Hall–Kier alpha value is 0.600. The molecule has 0 aliphatic heterocycles. The van der Waals surface area contributed by atoms with Crippen molar-refractivity contribution >= 4 is 62.3 Å². The summed E-state index contributed by atoms with van der Waals surface area (Å²) in [6, 6.07) is 0. The maximum Gasteiger partial charge on any atom is 0.0796 e. The Morgan fingerprint density at radius 1 is 1.00 bits per heavy atom. The average Bonchev–Trinajstić information content (AvgIpc) is 2.84. The summed E-state index contributed by atoms with van der Waals surface area (Å²) in [5.41, 5.74) is 3.20. The van der Waals surface area contributed by atoms with Gasteiger partial charge in [-0.05, 0) is 30.9 Å². The van der Waals surface area contributed by atoms with E-state index in [0.717, 1.165) is 29.5 Å². The van der Waals surface area contributed by atoms with E-state index in [1.165, 1.54) is 0 Å². The van der Waals surface area contributed by atoms with Crippen LogP contribution in [0.15, 0.2) is 12.2 Å². The summed E-state index contributed by atoms with van der Waals surface area (Å²) in [6.45, 7) is 6.18. The van der Waals surface area contributed by atoms with Crippen molar-refractivity contribution in [3.8, 4) is 0 Å². The van der Waals surface area contributed by atoms with E-state index in [1.54, 1.807) is 0 Å². The van der Waals surface area contributed by atoms with Crippen molar-refractivity contribution in [2.24, 2.45) is 0 Å². The van der Waals surface area contributed by atoms with E-state index in [9.17, 15) is 0 Å². The molecule has 0 unspecified atom stereocenters. The van der Waals surface area contributed by atoms with Crippen LogP contribution in [0.2, 0.25) is 20.1 Å². The summed E-state index contributed by atoms with van der Waals surface area (Å²) >= 11 is 29.1. The Bertz CT molecular complexity index is 565. The highest BCUT2D eigenvalue weighted by atomic mass is 79.9. The predicted molar refractivity (Wildman–Crippen MR) is 87.7 cm³/mol. The van der Waals surface area contributed by atoms with Gasteiger partial charge in [0, 0.05) is 11.8 Å². The first kappa shape index (κ1) is 14.5. The lowest BCUT2D eigenvalue weighted by atomic mass is 9.89. The third kappa shape index (κ3) is 1.66. The molecule has 0 amide bonds. The van der Waals surface area contributed by atoms with E-state index >= 15 is 0 Å². The zero-order valence-electron chi connectivity index (χ0n) is 10.2. The maximum absolute atomic E-state index is 6.42. The quantitative estimate of drug-likeness (QED) is 0.206. The molecule has 2 aliphatic rings. The first-order chi connectivity index (χ1) is 8.81. The topological polar surface area (TPSA) is 0 Å². The lowest BCUT2D eigenvalue weighted by molar-refractivity contribution is 0.630. The first-order valence-electron chi connectivity index (χ1n) is 6.02. The Balaban J connectivity index is 2.35. The Morgan fingerprint density at radius 2 is 1.37 bits per heavy atom. The number of hydrogen-bond acceptors (Lipinski definition) is 0. The van der Waals surface area contributed by atoms with E-state index in [0.29, 0.717) is 20.1 Å². The number of halogens is 5. The molecule has 1 fully saturated rings. The van der Waals surface area contributed by atoms with Gasteiger partial charge in [-0.2, -0.15) is 0 Å². The minimum Gasteiger partial charge on any atom is -0.0987 e. The van der Waals surface area contributed by atoms with Crippen molar-refractivity contribution in [2.45, 2.75) is 35.9 Å². The molecule has 2 atom stereocenters. The van der Waals surface area contributed by atoms with Gasteiger partial charge in [-0.1, -0.05) is 74.5 Å². The maximum atomic E-state index is 6.42. The number of fused-ring (bicyclic) bond motifs is 5. The summed E-state index contributed by atoms with van der Waals surface area (Å²) in [7, 11) is 0. The molecule has 0 aromatic heterocycles. The van der Waals surface area contributed by atoms with Crippen LogP contribution in [0.5, 0.6) is 0 Å². The lowest BCUT2D eigenvalue weighted by Crippen LogP contribution is -2.25. The first-order valence-corrected chi connectivity index (χ1v) is 8.32. The fraction of sp³-hybridized carbons (Fsp3) is 0.429. The molecule has 3 rings (SSSR count). The molecule has 0 nitrogen and oxygen atoms in total. The monoisotopic (exact) mass is 398 g/mol. The highest BCUT2D eigenvalue weighted by Gasteiger charge is 2.58. The second kappa shape index (κ2) is 4.55. The third-order valence-electron chi connectivity index (χ3n) is 4.45. The number of allylic oxidation sites excluding steroid dienone is 1. The molecular weight excluding hydrogens is 390 g/mol. The van der Waals surface area contributed by atoms with Gasteiger partial charge in [0.05, 0.1) is 24.4 Å². The highest BCUT2D eigenvalue weighted by molar-refractivity contribution is 9.10. The van der Waals surface area contributed by atoms with Crippen LogP contribution in [0.1, 0.15) is 42.7 Å². The van der Waals surface area contributed by atoms with Gasteiger partial charge in [-0.25, -0.2) is 0 Å². The number of hydrogen-bond donors (Lipinski definition) is 0. The summed E-state index contributed by atoms with van der Waals surface area (Å²) < 4.78 is -0.170. The van der Waals surface area contributed by atoms with Crippen molar-refractivity contribution in [3.05, 3.63) is 43.4 Å². The van der Waals surface area contributed by atoms with Gasteiger partial charge in [0.25, 0.3) is 0 Å². The molecular formula is C14H11BrCl4. The van der Waals surface area contributed by atoms with Crippen molar-refractivity contribution in [1.29, 1.82) is 0 Å². The van der Waals surface area contributed by atoms with Crippen molar-refractivity contribution in [1.82, 2.24) is 0 Å². The summed E-state index contributed by atoms with van der Waals surface area (Å²) in [5.74, 6) is 0.537. The number of benzene rings is 1. The van der Waals surface area contributed by atoms with Crippen molar-refractivity contribution < 1.29 is 0 Å². The second-order valence-corrected chi connectivity index (χ2v) is 8.14. The Morgan fingerprint density at radius 3 is 1.68 bits per heavy atom. The molecule has 1 aromatic rings. The zero-order chi connectivity index (χ0) is 14.1. The molecule has 1 aromatic carbocycles. The van der Waals surface area contributed by atoms with Crippen LogP contribution < -0.4 is 0 Å². The van der Waals surface area contributed by atoms with Crippen LogP contribution in [0, 0.1) is 0 Å². The van der Waals surface area contributed by atoms with Gasteiger partial charge in [0.1, 0.15) is 0 Å². The minimum atomic E-state index is -0.170. The minimum absolute atomic E-state index is 0.170. The lowest BCUT2D eigenvalue weighted by Gasteiger charge is -2.28. The molecule has 102 valence electrons. The van der Waals surface area contributed by atoms with Crippen LogP contribution in [-0.2, 0) is 0 Å². The summed E-state index contributed by atoms with van der Waals surface area (Å²) in [4.78, 5) is 0. The summed E-state index contributed by atoms with van der Waals surface area (Å²) in [5, 5.41) is 1.80. The largest absolute Gasteiger partial charge is 0.0987 e. The van der Waals surface area contributed by atoms with Crippen LogP contribution >= 0.6 is 62.3 Å². The highest BCUT2D eigenvalue weighted by Crippen LogP contribution is 2.69. The van der Waals surface area contributed by atoms with Crippen LogP contribution in [-0.4, -0.2) is 4.32 Å². The molecule has 0 spiro atoms. The molecule has 1 saturated carbocycles. The van der Waals surface area contributed by atoms with E-state index in [2.05, 4.69) is 22.5 Å². The van der Waals surface area contributed by atoms with E-state index in [4.69, 9.17) is 46.4 Å². The molecule has 2 bridgehead atoms. The molecule has 2 aliphatic carbocycles. The molecule has 0 heterocycles. The van der Waals surface area contributed by atoms with Crippen LogP contribution in [0.3, 0.4) is 0 Å². The fourth-order valence-corrected chi connectivity index (χ4v) is 5.71. The third-order valence-corrected chi connectivity index (χ3v) is 8.06. The second-order valence-electron chi connectivity index (χ2n) is 5.31. The van der Waals surface area contributed by atoms with Gasteiger partial charge < -0.3 is 0 Å². The molecule has 5 heteroatoms. The normalized spacial score (nSPS) is 31.7. The predicted octanol–water partition coefficient (Wildman–Crippen LogP) is 6.98. The SMILES string of the molecule is C=C(C)C1(Br)[C@@H]2CC[C@@H]1c1c(Cl)c(Cl)c(Cl)c(Cl)c12. The van der Waals surface area contributed by atoms with Gasteiger partial charge in [-0.15, -0.1) is 0 Å². The smallest absolute Gasteiger partial charge is 0.0796 e. The van der Waals surface area contributed by atoms with Gasteiger partial charge >= 0.3 is 0 Å². The van der Waals surface area contributed by atoms with Gasteiger partial charge in [-0.3, -0.25) is 0 Å². The Labute approximate surface area is 141 Å². The Kier molecular flexibility index (Phi) is 3.48. The van der Waals surface area contributed by atoms with E-state index in [1.807, 2.05) is 6.92 Å². The van der Waals surface area contributed by atoms with E-state index < -0.39 is 0 Å². The van der Waals surface area contributed by atoms with Crippen LogP contribution in [0.4, 0.5) is 0 Å². The number of alkyl halides is 1. The van der Waals surface area contributed by atoms with Gasteiger partial charge in [0.2, 0.25) is 0 Å². The zero-order valence-corrected chi connectivity index (χ0v) is 14.8. The summed E-state index contributed by atoms with van der Waals surface area (Å²) in [6.07, 6.45) is 2.12. The number of rotatable bonds is 1. The van der Waals surface area contributed by atoms with E-state index in [-0.39, 0.29) is 16.2 Å². The fourth-order valence-electron chi connectivity index (χ4n) is 3.65. The standard InChI is InChI=1S/C14H11BrCl4/c1-5(2)14(15)6-3-4-7(14)9-8(6)10(16)12(18)13(19)11(9)17/h6-7H,1,3-4H2,2H3/t6-,7-/m1/s1. The molecule has 0 saturated heterocycles. The average molecular weight is 401 g/mol.